The highest BCUT2D eigenvalue weighted by molar-refractivity contribution is 5.85. The normalized spacial score (nSPS) is 20.8. The van der Waals surface area contributed by atoms with Crippen molar-refractivity contribution in [3.05, 3.63) is 23.8 Å². The topological polar surface area (TPSA) is 59.6 Å². The second kappa shape index (κ2) is 8.05. The van der Waals surface area contributed by atoms with E-state index in [1.165, 1.54) is 0 Å². The number of hydrogen-bond donors (Lipinski definition) is 2. The summed E-state index contributed by atoms with van der Waals surface area (Å²) in [5.41, 5.74) is 1.23. The molecule has 3 rings (SSSR count). The molecule has 1 unspecified atom stereocenters. The summed E-state index contributed by atoms with van der Waals surface area (Å²) < 4.78 is 10.7. The van der Waals surface area contributed by atoms with E-state index in [2.05, 4.69) is 24.5 Å². The first-order chi connectivity index (χ1) is 11.9. The maximum absolute atomic E-state index is 12.6. The Bertz CT molecular complexity index is 642. The Balaban J connectivity index is 0.00000243. The lowest BCUT2D eigenvalue weighted by molar-refractivity contribution is -0.123. The molecule has 2 aliphatic rings. The van der Waals surface area contributed by atoms with Crippen LogP contribution < -0.4 is 20.1 Å². The van der Waals surface area contributed by atoms with Crippen LogP contribution in [0.1, 0.15) is 38.7 Å². The summed E-state index contributed by atoms with van der Waals surface area (Å²) in [5, 5.41) is 6.57. The molecule has 0 aromatic heterocycles. The van der Waals surface area contributed by atoms with E-state index >= 15 is 0 Å². The van der Waals surface area contributed by atoms with Crippen LogP contribution in [0.3, 0.4) is 0 Å². The summed E-state index contributed by atoms with van der Waals surface area (Å²) in [5.74, 6) is 1.86. The number of amides is 1. The van der Waals surface area contributed by atoms with Crippen LogP contribution in [-0.2, 0) is 10.2 Å². The van der Waals surface area contributed by atoms with E-state index in [1.54, 1.807) is 14.2 Å². The average Bonchev–Trinajstić information content (AvgIpc) is 3.32. The second-order valence-electron chi connectivity index (χ2n) is 8.04. The van der Waals surface area contributed by atoms with E-state index in [9.17, 15) is 4.79 Å². The first-order valence-electron chi connectivity index (χ1n) is 9.13. The van der Waals surface area contributed by atoms with E-state index in [4.69, 9.17) is 9.47 Å². The van der Waals surface area contributed by atoms with Gasteiger partial charge < -0.3 is 20.1 Å². The zero-order valence-electron chi connectivity index (χ0n) is 16.2. The van der Waals surface area contributed by atoms with Gasteiger partial charge in [0.25, 0.3) is 0 Å². The van der Waals surface area contributed by atoms with Crippen molar-refractivity contribution >= 4 is 18.3 Å². The van der Waals surface area contributed by atoms with Crippen molar-refractivity contribution in [3.8, 4) is 11.5 Å². The summed E-state index contributed by atoms with van der Waals surface area (Å²) in [6, 6.07) is 5.96. The smallest absolute Gasteiger partial charge is 0.223 e. The van der Waals surface area contributed by atoms with Crippen LogP contribution >= 0.6 is 12.4 Å². The van der Waals surface area contributed by atoms with Crippen molar-refractivity contribution in [2.75, 3.05) is 33.9 Å². The lowest BCUT2D eigenvalue weighted by atomic mass is 9.84. The fraction of sp³-hybridized carbons (Fsp3) is 0.650. The fourth-order valence-electron chi connectivity index (χ4n) is 3.99. The first-order valence-corrected chi connectivity index (χ1v) is 9.13. The molecule has 1 heterocycles. The molecule has 5 nitrogen and oxygen atoms in total. The number of carbonyl (C=O) groups excluding carboxylic acids is 1. The van der Waals surface area contributed by atoms with Crippen molar-refractivity contribution in [1.82, 2.24) is 10.6 Å². The number of piperidine rings is 1. The number of nitrogens with one attached hydrogen (secondary N) is 2. The minimum absolute atomic E-state index is 0. The van der Waals surface area contributed by atoms with Gasteiger partial charge in [-0.1, -0.05) is 19.9 Å². The molecule has 1 saturated carbocycles. The Labute approximate surface area is 162 Å². The quantitative estimate of drug-likeness (QED) is 0.794. The van der Waals surface area contributed by atoms with Gasteiger partial charge in [0.05, 0.1) is 14.2 Å². The van der Waals surface area contributed by atoms with Crippen LogP contribution in [0, 0.1) is 11.3 Å². The largest absolute Gasteiger partial charge is 0.493 e. The van der Waals surface area contributed by atoms with Gasteiger partial charge in [-0.3, -0.25) is 4.79 Å². The molecule has 1 aromatic carbocycles. The van der Waals surface area contributed by atoms with Crippen molar-refractivity contribution in [1.29, 1.82) is 0 Å². The standard InChI is InChI=1S/C20H30N2O3.ClH/c1-19(2,14-5-6-16(24-3)17(11-14)25-4)13-22-18(23)15-12-20(15)7-9-21-10-8-20;/h5-6,11,15,21H,7-10,12-13H2,1-4H3,(H,22,23);1H. The Morgan fingerprint density at radius 1 is 1.23 bits per heavy atom. The van der Waals surface area contributed by atoms with E-state index < -0.39 is 0 Å². The number of hydrogen-bond acceptors (Lipinski definition) is 4. The van der Waals surface area contributed by atoms with Gasteiger partial charge in [0.15, 0.2) is 11.5 Å². The van der Waals surface area contributed by atoms with Crippen molar-refractivity contribution in [3.63, 3.8) is 0 Å². The van der Waals surface area contributed by atoms with E-state index in [0.717, 1.165) is 49.4 Å². The zero-order valence-corrected chi connectivity index (χ0v) is 17.0. The minimum Gasteiger partial charge on any atom is -0.493 e. The molecule has 1 aliphatic heterocycles. The molecule has 1 saturated heterocycles. The van der Waals surface area contributed by atoms with Crippen molar-refractivity contribution in [2.24, 2.45) is 11.3 Å². The molecule has 1 aliphatic carbocycles. The monoisotopic (exact) mass is 382 g/mol. The number of ether oxygens (including phenoxy) is 2. The number of rotatable bonds is 6. The van der Waals surface area contributed by atoms with E-state index in [1.807, 2.05) is 18.2 Å². The molecular weight excluding hydrogens is 352 g/mol. The molecule has 1 spiro atoms. The summed E-state index contributed by atoms with van der Waals surface area (Å²) in [4.78, 5) is 12.6. The zero-order chi connectivity index (χ0) is 18.1. The Hall–Kier alpha value is -1.46. The van der Waals surface area contributed by atoms with Gasteiger partial charge in [0.2, 0.25) is 5.91 Å². The molecule has 26 heavy (non-hydrogen) atoms. The third-order valence-electron chi connectivity index (χ3n) is 5.98. The number of carbonyl (C=O) groups is 1. The van der Waals surface area contributed by atoms with E-state index in [-0.39, 0.29) is 35.1 Å². The van der Waals surface area contributed by atoms with Crippen LogP contribution in [0.2, 0.25) is 0 Å². The van der Waals surface area contributed by atoms with Gasteiger partial charge >= 0.3 is 0 Å². The fourth-order valence-corrected chi connectivity index (χ4v) is 3.99. The number of halogens is 1. The summed E-state index contributed by atoms with van der Waals surface area (Å²) >= 11 is 0. The Kier molecular flexibility index (Phi) is 6.46. The molecule has 2 N–H and O–H groups in total. The van der Waals surface area contributed by atoms with Gasteiger partial charge in [0, 0.05) is 17.9 Å². The number of benzene rings is 1. The van der Waals surface area contributed by atoms with E-state index in [0.29, 0.717) is 6.54 Å². The highest BCUT2D eigenvalue weighted by Gasteiger charge is 2.57. The molecule has 0 radical (unpaired) electrons. The van der Waals surface area contributed by atoms with Gasteiger partial charge in [-0.15, -0.1) is 12.4 Å². The lowest BCUT2D eigenvalue weighted by Gasteiger charge is -2.27. The lowest BCUT2D eigenvalue weighted by Crippen LogP contribution is -2.39. The van der Waals surface area contributed by atoms with Crippen molar-refractivity contribution < 1.29 is 14.3 Å². The Morgan fingerprint density at radius 2 is 1.88 bits per heavy atom. The summed E-state index contributed by atoms with van der Waals surface area (Å²) in [6.07, 6.45) is 3.31. The molecule has 2 fully saturated rings. The molecular formula is C20H31ClN2O3. The van der Waals surface area contributed by atoms with Crippen LogP contribution in [0.5, 0.6) is 11.5 Å². The predicted molar refractivity (Wildman–Crippen MR) is 105 cm³/mol. The molecule has 146 valence electrons. The van der Waals surface area contributed by atoms with Crippen LogP contribution in [-0.4, -0.2) is 39.8 Å². The third kappa shape index (κ3) is 4.09. The van der Waals surface area contributed by atoms with Crippen molar-refractivity contribution in [2.45, 2.75) is 38.5 Å². The molecule has 0 bridgehead atoms. The van der Waals surface area contributed by atoms with Gasteiger partial charge in [-0.25, -0.2) is 0 Å². The van der Waals surface area contributed by atoms with Gasteiger partial charge in [-0.2, -0.15) is 0 Å². The highest BCUT2D eigenvalue weighted by atomic mass is 35.5. The first kappa shape index (κ1) is 20.8. The third-order valence-corrected chi connectivity index (χ3v) is 5.98. The molecule has 6 heteroatoms. The minimum atomic E-state index is -0.175. The molecule has 1 aromatic rings. The van der Waals surface area contributed by atoms with Crippen LogP contribution in [0.25, 0.3) is 0 Å². The summed E-state index contributed by atoms with van der Waals surface area (Å²) in [6.45, 7) is 6.98. The average molecular weight is 383 g/mol. The predicted octanol–water partition coefficient (Wildman–Crippen LogP) is 2.91. The maximum atomic E-state index is 12.6. The summed E-state index contributed by atoms with van der Waals surface area (Å²) in [7, 11) is 3.27. The SMILES string of the molecule is COc1ccc(C(C)(C)CNC(=O)C2CC23CCNCC3)cc1OC.Cl. The van der Waals surface area contributed by atoms with Crippen LogP contribution in [0.4, 0.5) is 0 Å². The molecule has 1 amide bonds. The molecule has 1 atom stereocenters. The van der Waals surface area contributed by atoms with Gasteiger partial charge in [0.1, 0.15) is 0 Å². The maximum Gasteiger partial charge on any atom is 0.223 e. The Morgan fingerprint density at radius 3 is 2.50 bits per heavy atom. The van der Waals surface area contributed by atoms with Gasteiger partial charge in [-0.05, 0) is 55.5 Å². The second-order valence-corrected chi connectivity index (χ2v) is 8.04. The number of methoxy groups -OCH3 is 2. The van der Waals surface area contributed by atoms with Crippen LogP contribution in [0.15, 0.2) is 18.2 Å². The highest BCUT2D eigenvalue weighted by Crippen LogP contribution is 2.58.